The molecular weight excluding hydrogens is 510 g/mol. The number of ether oxygens (including phenoxy) is 1. The quantitative estimate of drug-likeness (QED) is 0.292. The van der Waals surface area contributed by atoms with Crippen LogP contribution in [0.1, 0.15) is 25.3 Å². The first kappa shape index (κ1) is 26.6. The summed E-state index contributed by atoms with van der Waals surface area (Å²) in [5.41, 5.74) is 2.32. The second kappa shape index (κ2) is 10.5. The summed E-state index contributed by atoms with van der Waals surface area (Å²) in [5, 5.41) is 8.48. The van der Waals surface area contributed by atoms with E-state index >= 15 is 0 Å². The van der Waals surface area contributed by atoms with Crippen molar-refractivity contribution >= 4 is 22.3 Å². The van der Waals surface area contributed by atoms with Gasteiger partial charge >= 0.3 is 6.18 Å². The highest BCUT2D eigenvalue weighted by molar-refractivity contribution is 5.86. The van der Waals surface area contributed by atoms with Crippen LogP contribution in [0.5, 0.6) is 5.75 Å². The maximum absolute atomic E-state index is 14.9. The fourth-order valence-corrected chi connectivity index (χ4v) is 4.02. The second-order valence-corrected chi connectivity index (χ2v) is 8.55. The van der Waals surface area contributed by atoms with Crippen molar-refractivity contribution < 1.29 is 22.3 Å². The van der Waals surface area contributed by atoms with E-state index in [2.05, 4.69) is 20.4 Å². The zero-order valence-corrected chi connectivity index (χ0v) is 20.3. The van der Waals surface area contributed by atoms with E-state index in [1.807, 2.05) is 0 Å². The van der Waals surface area contributed by atoms with E-state index < -0.39 is 40.4 Å². The van der Waals surface area contributed by atoms with Crippen LogP contribution in [0.3, 0.4) is 0 Å². The number of nitrogen functional groups attached to an aromatic ring is 1. The molecule has 10 nitrogen and oxygen atoms in total. The molecule has 0 aliphatic carbocycles. The number of nitrogens with zero attached hydrogens (tertiary/aromatic N) is 4. The molecule has 0 saturated heterocycles. The number of fused-ring (bicyclic) bond motifs is 1. The fraction of sp³-hybridized carbons (Fsp3) is 0.292. The lowest BCUT2D eigenvalue weighted by atomic mass is 10.1. The third-order valence-corrected chi connectivity index (χ3v) is 5.89. The van der Waals surface area contributed by atoms with Gasteiger partial charge < -0.3 is 20.4 Å². The summed E-state index contributed by atoms with van der Waals surface area (Å²) in [6.07, 6.45) is -0.280. The van der Waals surface area contributed by atoms with Crippen molar-refractivity contribution in [2.24, 2.45) is 0 Å². The van der Waals surface area contributed by atoms with Gasteiger partial charge in [-0.15, -0.1) is 0 Å². The van der Waals surface area contributed by atoms with Gasteiger partial charge in [0.15, 0.2) is 17.4 Å². The Morgan fingerprint density at radius 3 is 2.68 bits per heavy atom. The fourth-order valence-electron chi connectivity index (χ4n) is 4.02. The van der Waals surface area contributed by atoms with Crippen molar-refractivity contribution in [2.75, 3.05) is 18.2 Å². The zero-order chi connectivity index (χ0) is 27.6. The summed E-state index contributed by atoms with van der Waals surface area (Å²) >= 11 is 0. The van der Waals surface area contributed by atoms with Crippen LogP contribution in [-0.4, -0.2) is 37.9 Å². The van der Waals surface area contributed by atoms with Crippen LogP contribution in [0.15, 0.2) is 46.4 Å². The summed E-state index contributed by atoms with van der Waals surface area (Å²) in [6, 6.07) is 3.74. The number of benzene rings is 1. The molecular formula is C24H23F4N7O3. The molecule has 4 N–H and O–H groups in total. The molecule has 0 unspecified atom stereocenters. The van der Waals surface area contributed by atoms with Crippen molar-refractivity contribution in [2.45, 2.75) is 38.5 Å². The van der Waals surface area contributed by atoms with Crippen molar-refractivity contribution in [3.05, 3.63) is 68.9 Å². The number of aryl methyl sites for hydroxylation is 1. The summed E-state index contributed by atoms with van der Waals surface area (Å²) in [6.45, 7) is 1.89. The number of aromatic nitrogens is 5. The number of H-pyrrole nitrogens is 1. The first-order valence-corrected chi connectivity index (χ1v) is 11.4. The number of nitrogens with two attached hydrogens (primary N) is 1. The lowest BCUT2D eigenvalue weighted by Crippen LogP contribution is -2.27. The maximum atomic E-state index is 14.9. The lowest BCUT2D eigenvalue weighted by Gasteiger charge is -2.18. The predicted octanol–water partition coefficient (Wildman–Crippen LogP) is 3.57. The smallest absolute Gasteiger partial charge is 0.423 e. The molecule has 1 aromatic carbocycles. The Morgan fingerprint density at radius 1 is 1.24 bits per heavy atom. The van der Waals surface area contributed by atoms with Crippen LogP contribution < -0.4 is 26.9 Å². The van der Waals surface area contributed by atoms with Crippen molar-refractivity contribution in [1.29, 1.82) is 0 Å². The molecule has 4 aromatic rings. The minimum atomic E-state index is -4.85. The Balaban J connectivity index is 1.48. The minimum absolute atomic E-state index is 0.0395. The van der Waals surface area contributed by atoms with Crippen molar-refractivity contribution in [1.82, 2.24) is 24.7 Å². The van der Waals surface area contributed by atoms with Gasteiger partial charge in [-0.1, -0.05) is 0 Å². The molecule has 0 spiro atoms. The van der Waals surface area contributed by atoms with Gasteiger partial charge in [-0.25, -0.2) is 19.5 Å². The molecule has 0 bridgehead atoms. The van der Waals surface area contributed by atoms with E-state index in [1.165, 1.54) is 23.9 Å². The van der Waals surface area contributed by atoms with Gasteiger partial charge in [-0.2, -0.15) is 18.3 Å². The van der Waals surface area contributed by atoms with Crippen molar-refractivity contribution in [3.8, 4) is 17.1 Å². The molecule has 0 aliphatic rings. The number of pyridine rings is 1. The SMILES string of the molecule is COc1cnc(-c2cc3ccn(CCC[C@H](C)Nc4cn[nH]c(=O)c4C(F)(F)F)c(=O)c3cc2F)nc1N. The van der Waals surface area contributed by atoms with Crippen LogP contribution in [0.2, 0.25) is 0 Å². The van der Waals surface area contributed by atoms with Crippen LogP contribution in [0, 0.1) is 5.82 Å². The normalized spacial score (nSPS) is 12.5. The van der Waals surface area contributed by atoms with Crippen molar-refractivity contribution in [3.63, 3.8) is 0 Å². The molecule has 0 saturated carbocycles. The summed E-state index contributed by atoms with van der Waals surface area (Å²) < 4.78 is 61.0. The summed E-state index contributed by atoms with van der Waals surface area (Å²) in [4.78, 5) is 32.7. The number of nitrogens with one attached hydrogen (secondary N) is 2. The molecule has 3 aromatic heterocycles. The molecule has 1 atom stereocenters. The highest BCUT2D eigenvalue weighted by atomic mass is 19.4. The van der Waals surface area contributed by atoms with Gasteiger partial charge in [0.1, 0.15) is 11.4 Å². The number of hydrogen-bond donors (Lipinski definition) is 3. The molecule has 4 rings (SSSR count). The molecule has 38 heavy (non-hydrogen) atoms. The molecule has 0 radical (unpaired) electrons. The van der Waals surface area contributed by atoms with Gasteiger partial charge in [-0.3, -0.25) is 9.59 Å². The number of hydrogen-bond acceptors (Lipinski definition) is 8. The van der Waals surface area contributed by atoms with Gasteiger partial charge in [-0.05, 0) is 43.4 Å². The molecule has 0 aliphatic heterocycles. The van der Waals surface area contributed by atoms with E-state index in [4.69, 9.17) is 10.5 Å². The average molecular weight is 533 g/mol. The van der Waals surface area contributed by atoms with E-state index in [1.54, 1.807) is 24.3 Å². The summed E-state index contributed by atoms with van der Waals surface area (Å²) in [7, 11) is 1.40. The second-order valence-electron chi connectivity index (χ2n) is 8.55. The lowest BCUT2D eigenvalue weighted by molar-refractivity contribution is -0.138. The number of rotatable bonds is 8. The molecule has 3 heterocycles. The molecule has 0 fully saturated rings. The molecule has 0 amide bonds. The topological polar surface area (TPSA) is 141 Å². The van der Waals surface area contributed by atoms with Gasteiger partial charge in [0, 0.05) is 18.8 Å². The first-order valence-electron chi connectivity index (χ1n) is 11.4. The Bertz CT molecular complexity index is 1600. The highest BCUT2D eigenvalue weighted by Crippen LogP contribution is 2.32. The standard InChI is InChI=1S/C24H23F4N7O3/c1-12(32-17-10-31-34-22(36)19(17)24(26,27)28)4-3-6-35-7-5-13-8-15(16(25)9-14(13)23(35)37)21-30-11-18(38-2)20(29)33-21/h5,7-12H,3-4,6H2,1-2H3,(H2,29,30,33)(H2,32,34,36)/t12-/m0/s1. The molecule has 200 valence electrons. The molecule has 14 heteroatoms. The monoisotopic (exact) mass is 533 g/mol. The third-order valence-electron chi connectivity index (χ3n) is 5.89. The Morgan fingerprint density at radius 2 is 2.00 bits per heavy atom. The maximum Gasteiger partial charge on any atom is 0.423 e. The number of anilines is 2. The van der Waals surface area contributed by atoms with Gasteiger partial charge in [0.2, 0.25) is 0 Å². The zero-order valence-electron chi connectivity index (χ0n) is 20.3. The van der Waals surface area contributed by atoms with E-state index in [0.717, 1.165) is 12.3 Å². The van der Waals surface area contributed by atoms with Crippen LogP contribution in [0.25, 0.3) is 22.2 Å². The number of halogens is 4. The number of aromatic amines is 1. The largest absolute Gasteiger partial charge is 0.491 e. The Kier molecular flexibility index (Phi) is 7.32. The Labute approximate surface area is 212 Å². The van der Waals surface area contributed by atoms with Gasteiger partial charge in [0.25, 0.3) is 11.1 Å². The average Bonchev–Trinajstić information content (AvgIpc) is 2.84. The number of methoxy groups -OCH3 is 1. The minimum Gasteiger partial charge on any atom is -0.491 e. The van der Waals surface area contributed by atoms with Gasteiger partial charge in [0.05, 0.1) is 36.1 Å². The Hall–Kier alpha value is -4.49. The third kappa shape index (κ3) is 5.43. The first-order chi connectivity index (χ1) is 18.0. The predicted molar refractivity (Wildman–Crippen MR) is 132 cm³/mol. The summed E-state index contributed by atoms with van der Waals surface area (Å²) in [5.74, 6) is -0.377. The number of alkyl halides is 3. The van der Waals surface area contributed by atoms with Crippen LogP contribution in [-0.2, 0) is 12.7 Å². The van der Waals surface area contributed by atoms with E-state index in [9.17, 15) is 27.2 Å². The highest BCUT2D eigenvalue weighted by Gasteiger charge is 2.37. The van der Waals surface area contributed by atoms with E-state index in [0.29, 0.717) is 18.2 Å². The van der Waals surface area contributed by atoms with E-state index in [-0.39, 0.29) is 34.9 Å². The van der Waals surface area contributed by atoms with Crippen LogP contribution >= 0.6 is 0 Å². The van der Waals surface area contributed by atoms with Crippen LogP contribution in [0.4, 0.5) is 29.1 Å².